The molecule has 1 heterocycles. The minimum Gasteiger partial charge on any atom is -0.357 e. The van der Waals surface area contributed by atoms with Crippen LogP contribution in [0.2, 0.25) is 0 Å². The SMILES string of the molecule is CCNC(=NCC1CCCN1CC)NCCc1cc(F)ccc1F.I. The minimum atomic E-state index is -0.409. The molecule has 0 spiro atoms. The summed E-state index contributed by atoms with van der Waals surface area (Å²) >= 11 is 0. The molecule has 1 fully saturated rings. The third-order valence-electron chi connectivity index (χ3n) is 4.40. The van der Waals surface area contributed by atoms with Crippen molar-refractivity contribution >= 4 is 29.9 Å². The fraction of sp³-hybridized carbons (Fsp3) is 0.611. The van der Waals surface area contributed by atoms with Crippen LogP contribution in [0.4, 0.5) is 8.78 Å². The van der Waals surface area contributed by atoms with Crippen molar-refractivity contribution in [2.24, 2.45) is 4.99 Å². The third kappa shape index (κ3) is 7.05. The lowest BCUT2D eigenvalue weighted by Crippen LogP contribution is -2.40. The van der Waals surface area contributed by atoms with Gasteiger partial charge in [-0.25, -0.2) is 8.78 Å². The van der Waals surface area contributed by atoms with Crippen LogP contribution >= 0.6 is 24.0 Å². The van der Waals surface area contributed by atoms with E-state index in [2.05, 4.69) is 27.4 Å². The molecular formula is C18H29F2IN4. The first-order valence-electron chi connectivity index (χ1n) is 8.84. The largest absolute Gasteiger partial charge is 0.357 e. The van der Waals surface area contributed by atoms with Gasteiger partial charge in [0.05, 0.1) is 6.54 Å². The molecule has 1 atom stereocenters. The zero-order valence-corrected chi connectivity index (χ0v) is 17.4. The molecule has 1 aromatic carbocycles. The van der Waals surface area contributed by atoms with Gasteiger partial charge in [-0.05, 0) is 63.0 Å². The summed E-state index contributed by atoms with van der Waals surface area (Å²) in [4.78, 5) is 7.10. The van der Waals surface area contributed by atoms with E-state index in [9.17, 15) is 8.78 Å². The summed E-state index contributed by atoms with van der Waals surface area (Å²) in [5, 5.41) is 6.41. The van der Waals surface area contributed by atoms with Crippen molar-refractivity contribution in [3.8, 4) is 0 Å². The molecule has 1 saturated heterocycles. The molecule has 7 heteroatoms. The number of likely N-dealkylation sites (N-methyl/N-ethyl adjacent to an activating group) is 1. The van der Waals surface area contributed by atoms with Crippen molar-refractivity contribution in [2.75, 3.05) is 32.7 Å². The van der Waals surface area contributed by atoms with E-state index < -0.39 is 5.82 Å². The van der Waals surface area contributed by atoms with Crippen molar-refractivity contribution in [3.05, 3.63) is 35.4 Å². The molecule has 1 aliphatic heterocycles. The van der Waals surface area contributed by atoms with Crippen molar-refractivity contribution in [3.63, 3.8) is 0 Å². The lowest BCUT2D eigenvalue weighted by molar-refractivity contribution is 0.273. The van der Waals surface area contributed by atoms with Gasteiger partial charge < -0.3 is 10.6 Å². The molecule has 0 aliphatic carbocycles. The highest BCUT2D eigenvalue weighted by molar-refractivity contribution is 14.0. The van der Waals surface area contributed by atoms with E-state index in [1.807, 2.05) is 6.92 Å². The number of benzene rings is 1. The predicted molar refractivity (Wildman–Crippen MR) is 110 cm³/mol. The number of aliphatic imine (C=N–C) groups is 1. The first-order valence-corrected chi connectivity index (χ1v) is 8.84. The van der Waals surface area contributed by atoms with Gasteiger partial charge in [0.15, 0.2) is 5.96 Å². The van der Waals surface area contributed by atoms with E-state index in [4.69, 9.17) is 0 Å². The Labute approximate surface area is 166 Å². The van der Waals surface area contributed by atoms with Gasteiger partial charge in [-0.2, -0.15) is 0 Å². The van der Waals surface area contributed by atoms with Gasteiger partial charge in [-0.15, -0.1) is 24.0 Å². The lowest BCUT2D eigenvalue weighted by atomic mass is 10.1. The van der Waals surface area contributed by atoms with Gasteiger partial charge in [-0.1, -0.05) is 6.92 Å². The molecule has 0 amide bonds. The monoisotopic (exact) mass is 466 g/mol. The Morgan fingerprint density at radius 3 is 2.80 bits per heavy atom. The van der Waals surface area contributed by atoms with Crippen LogP contribution in [-0.2, 0) is 6.42 Å². The molecule has 25 heavy (non-hydrogen) atoms. The van der Waals surface area contributed by atoms with E-state index in [-0.39, 0.29) is 29.8 Å². The van der Waals surface area contributed by atoms with E-state index in [0.717, 1.165) is 38.2 Å². The fourth-order valence-electron chi connectivity index (χ4n) is 3.11. The Kier molecular flexibility index (Phi) is 10.3. The second-order valence-electron chi connectivity index (χ2n) is 6.06. The molecule has 0 saturated carbocycles. The molecule has 2 N–H and O–H groups in total. The maximum Gasteiger partial charge on any atom is 0.191 e. The molecule has 0 radical (unpaired) electrons. The number of nitrogens with one attached hydrogen (secondary N) is 2. The number of guanidine groups is 1. The molecule has 1 aliphatic rings. The van der Waals surface area contributed by atoms with Gasteiger partial charge in [-0.3, -0.25) is 9.89 Å². The quantitative estimate of drug-likeness (QED) is 0.369. The van der Waals surface area contributed by atoms with E-state index >= 15 is 0 Å². The fourth-order valence-corrected chi connectivity index (χ4v) is 3.11. The molecule has 2 rings (SSSR count). The van der Waals surface area contributed by atoms with Crippen LogP contribution in [0.3, 0.4) is 0 Å². The zero-order chi connectivity index (χ0) is 17.4. The van der Waals surface area contributed by atoms with Crippen LogP contribution in [0.25, 0.3) is 0 Å². The molecule has 0 aromatic heterocycles. The number of hydrogen-bond acceptors (Lipinski definition) is 2. The molecule has 142 valence electrons. The molecule has 4 nitrogen and oxygen atoms in total. The predicted octanol–water partition coefficient (Wildman–Crippen LogP) is 3.16. The highest BCUT2D eigenvalue weighted by Crippen LogP contribution is 2.16. The number of halogens is 3. The number of hydrogen-bond donors (Lipinski definition) is 2. The summed E-state index contributed by atoms with van der Waals surface area (Å²) in [6, 6.07) is 4.06. The maximum atomic E-state index is 13.6. The van der Waals surface area contributed by atoms with E-state index in [1.54, 1.807) is 0 Å². The molecular weight excluding hydrogens is 437 g/mol. The van der Waals surface area contributed by atoms with Crippen LogP contribution in [0.1, 0.15) is 32.3 Å². The van der Waals surface area contributed by atoms with Crippen LogP contribution in [0.5, 0.6) is 0 Å². The highest BCUT2D eigenvalue weighted by Gasteiger charge is 2.22. The Hall–Kier alpha value is -0.960. The first kappa shape index (κ1) is 22.1. The number of nitrogens with zero attached hydrogens (tertiary/aromatic N) is 2. The lowest BCUT2D eigenvalue weighted by Gasteiger charge is -2.21. The second kappa shape index (κ2) is 11.6. The van der Waals surface area contributed by atoms with Gasteiger partial charge in [0.2, 0.25) is 0 Å². The number of rotatable bonds is 7. The minimum absolute atomic E-state index is 0. The van der Waals surface area contributed by atoms with E-state index in [0.29, 0.717) is 24.6 Å². The summed E-state index contributed by atoms with van der Waals surface area (Å²) in [7, 11) is 0. The Bertz CT molecular complexity index is 554. The van der Waals surface area contributed by atoms with Crippen molar-refractivity contribution in [1.82, 2.24) is 15.5 Å². The summed E-state index contributed by atoms with van der Waals surface area (Å²) < 4.78 is 26.8. The molecule has 1 unspecified atom stereocenters. The third-order valence-corrected chi connectivity index (χ3v) is 4.40. The average Bonchev–Trinajstić information content (AvgIpc) is 3.03. The van der Waals surface area contributed by atoms with Crippen LogP contribution < -0.4 is 10.6 Å². The van der Waals surface area contributed by atoms with Crippen molar-refractivity contribution < 1.29 is 8.78 Å². The first-order chi connectivity index (χ1) is 11.6. The Balaban J connectivity index is 0.00000312. The average molecular weight is 466 g/mol. The highest BCUT2D eigenvalue weighted by atomic mass is 127. The normalized spacial score (nSPS) is 18.1. The topological polar surface area (TPSA) is 39.7 Å². The molecule has 0 bridgehead atoms. The number of likely N-dealkylation sites (tertiary alicyclic amines) is 1. The van der Waals surface area contributed by atoms with Crippen LogP contribution in [0, 0.1) is 11.6 Å². The van der Waals surface area contributed by atoms with Crippen molar-refractivity contribution in [2.45, 2.75) is 39.2 Å². The zero-order valence-electron chi connectivity index (χ0n) is 15.0. The summed E-state index contributed by atoms with van der Waals surface area (Å²) in [5.41, 5.74) is 0.381. The van der Waals surface area contributed by atoms with Crippen molar-refractivity contribution in [1.29, 1.82) is 0 Å². The van der Waals surface area contributed by atoms with Gasteiger partial charge in [0.25, 0.3) is 0 Å². The Morgan fingerprint density at radius 1 is 1.28 bits per heavy atom. The summed E-state index contributed by atoms with van der Waals surface area (Å²) in [5.74, 6) is -0.0465. The maximum absolute atomic E-state index is 13.6. The van der Waals surface area contributed by atoms with Crippen LogP contribution in [0.15, 0.2) is 23.2 Å². The smallest absolute Gasteiger partial charge is 0.191 e. The summed E-state index contributed by atoms with van der Waals surface area (Å²) in [6.45, 7) is 8.44. The van der Waals surface area contributed by atoms with Gasteiger partial charge in [0.1, 0.15) is 11.6 Å². The standard InChI is InChI=1S/C18H28F2N4.HI/c1-3-21-18(23-13-16-6-5-11-24(16)4-2)22-10-9-14-12-15(19)7-8-17(14)20;/h7-8,12,16H,3-6,9-11,13H2,1-2H3,(H2,21,22,23);1H. The Morgan fingerprint density at radius 2 is 2.08 bits per heavy atom. The summed E-state index contributed by atoms with van der Waals surface area (Å²) in [6.07, 6.45) is 2.83. The second-order valence-corrected chi connectivity index (χ2v) is 6.06. The van der Waals surface area contributed by atoms with Crippen LogP contribution in [-0.4, -0.2) is 49.6 Å². The molecule has 1 aromatic rings. The van der Waals surface area contributed by atoms with E-state index in [1.165, 1.54) is 25.0 Å². The van der Waals surface area contributed by atoms with Gasteiger partial charge in [0, 0.05) is 19.1 Å². The van der Waals surface area contributed by atoms with Gasteiger partial charge >= 0.3 is 0 Å².